The second-order valence-electron chi connectivity index (χ2n) is 9.96. The molecule has 224 valence electrons. The number of thioether (sulfide) groups is 2. The molecule has 1 aromatic carbocycles. The molecule has 0 spiro atoms. The van der Waals surface area contributed by atoms with E-state index in [9.17, 15) is 29.4 Å². The maximum atomic E-state index is 13.3. The Bertz CT molecular complexity index is 1490. The Labute approximate surface area is 252 Å². The summed E-state index contributed by atoms with van der Waals surface area (Å²) < 4.78 is 6.61. The number of aliphatic carboxylic acids is 1. The van der Waals surface area contributed by atoms with Crippen molar-refractivity contribution in [2.75, 3.05) is 18.1 Å². The van der Waals surface area contributed by atoms with Crippen molar-refractivity contribution in [2.24, 2.45) is 12.2 Å². The lowest BCUT2D eigenvalue weighted by molar-refractivity contribution is -0.160. The molecule has 2 atom stereocenters. The van der Waals surface area contributed by atoms with Gasteiger partial charge in [-0.05, 0) is 55.0 Å². The third-order valence-corrected chi connectivity index (χ3v) is 8.43. The number of carbonyl (C=O) groups is 4. The number of carboxylic acids is 1. The quantitative estimate of drug-likeness (QED) is 0.110. The highest BCUT2D eigenvalue weighted by molar-refractivity contribution is 8.01. The predicted molar refractivity (Wildman–Crippen MR) is 151 cm³/mol. The van der Waals surface area contributed by atoms with Crippen LogP contribution in [0.3, 0.4) is 0 Å². The Hall–Kier alpha value is -3.83. The van der Waals surface area contributed by atoms with Crippen molar-refractivity contribution in [3.8, 4) is 5.75 Å². The molecule has 0 aliphatic carbocycles. The molecule has 1 fully saturated rings. The number of rotatable bonds is 10. The molecule has 1 aromatic heterocycles. The molecule has 3 heterocycles. The molecule has 2 aromatic rings. The zero-order chi connectivity index (χ0) is 30.8. The van der Waals surface area contributed by atoms with E-state index in [0.717, 1.165) is 4.90 Å². The second kappa shape index (κ2) is 12.6. The summed E-state index contributed by atoms with van der Waals surface area (Å²) in [6.07, 6.45) is 0. The number of tetrazole rings is 1. The lowest BCUT2D eigenvalue weighted by Gasteiger charge is -2.49. The van der Waals surface area contributed by atoms with Crippen LogP contribution in [0, 0.1) is 0 Å². The van der Waals surface area contributed by atoms with Gasteiger partial charge < -0.3 is 25.1 Å². The van der Waals surface area contributed by atoms with Crippen LogP contribution in [0.5, 0.6) is 5.75 Å². The predicted octanol–water partition coefficient (Wildman–Crippen LogP) is 1.16. The number of ether oxygens (including phenoxy) is 1. The number of amides is 2. The Morgan fingerprint density at radius 2 is 2.05 bits per heavy atom. The highest BCUT2D eigenvalue weighted by Crippen LogP contribution is 2.41. The fraction of sp³-hybridized carbons (Fsp3) is 0.417. The van der Waals surface area contributed by atoms with Crippen molar-refractivity contribution in [3.63, 3.8) is 0 Å². The normalized spacial score (nSPS) is 18.7. The zero-order valence-electron chi connectivity index (χ0n) is 22.7. The topological polar surface area (TPSA) is 198 Å². The van der Waals surface area contributed by atoms with Gasteiger partial charge in [0, 0.05) is 24.1 Å². The summed E-state index contributed by atoms with van der Waals surface area (Å²) in [6, 6.07) is 2.78. The van der Waals surface area contributed by atoms with Gasteiger partial charge in [-0.25, -0.2) is 14.3 Å². The van der Waals surface area contributed by atoms with Crippen LogP contribution in [-0.2, 0) is 35.8 Å². The van der Waals surface area contributed by atoms with E-state index in [-0.39, 0.29) is 39.3 Å². The maximum absolute atomic E-state index is 13.3. The van der Waals surface area contributed by atoms with Crippen LogP contribution in [0.15, 0.2) is 39.8 Å². The van der Waals surface area contributed by atoms with E-state index < -0.39 is 47.4 Å². The number of β-lactam (4-membered cyclic amide) rings is 1. The van der Waals surface area contributed by atoms with Crippen LogP contribution in [0.25, 0.3) is 0 Å². The minimum absolute atomic E-state index is 0.0763. The number of hydrogen-bond donors (Lipinski definition) is 3. The first-order chi connectivity index (χ1) is 19.8. The molecule has 3 N–H and O–H groups in total. The molecule has 0 radical (unpaired) electrons. The van der Waals surface area contributed by atoms with Gasteiger partial charge in [0.05, 0.1) is 5.02 Å². The molecule has 2 amide bonds. The van der Waals surface area contributed by atoms with E-state index >= 15 is 0 Å². The first-order valence-electron chi connectivity index (χ1n) is 12.2. The van der Waals surface area contributed by atoms with E-state index in [1.807, 2.05) is 0 Å². The van der Waals surface area contributed by atoms with E-state index in [4.69, 9.17) is 21.2 Å². The monoisotopic (exact) mass is 639 g/mol. The average Bonchev–Trinajstić information content (AvgIpc) is 3.32. The number of aryl methyl sites for hydroxylation is 1. The molecule has 2 aliphatic rings. The first-order valence-corrected chi connectivity index (χ1v) is 14.6. The summed E-state index contributed by atoms with van der Waals surface area (Å²) in [7, 11) is 1.65. The summed E-state index contributed by atoms with van der Waals surface area (Å²) in [4.78, 5) is 56.9. The number of benzene rings is 1. The fourth-order valence-corrected chi connectivity index (χ4v) is 6.41. The Kier molecular flexibility index (Phi) is 9.32. The van der Waals surface area contributed by atoms with Crippen LogP contribution >= 0.6 is 35.1 Å². The second-order valence-corrected chi connectivity index (χ2v) is 12.4. The highest BCUT2D eigenvalue weighted by Gasteiger charge is 2.54. The Balaban J connectivity index is 1.50. The summed E-state index contributed by atoms with van der Waals surface area (Å²) in [5.41, 5.74) is -0.626. The SMILES string of the molecule is Cn1nnnc1SCC1=C(C(=O)O)N2C(=O)C(NC(=O)C(=NOCC(=O)OC(C)(C)C)c3ccc(O)c(Cl)c3)[C@@H]2SC1. The van der Waals surface area contributed by atoms with Crippen LogP contribution in [0.4, 0.5) is 0 Å². The van der Waals surface area contributed by atoms with Gasteiger partial charge in [0.2, 0.25) is 11.8 Å². The number of aromatic hydroxyl groups is 1. The van der Waals surface area contributed by atoms with Crippen molar-refractivity contribution >= 4 is 64.6 Å². The lowest BCUT2D eigenvalue weighted by atomic mass is 10.0. The van der Waals surface area contributed by atoms with Crippen molar-refractivity contribution in [2.45, 2.75) is 42.9 Å². The van der Waals surface area contributed by atoms with E-state index in [1.54, 1.807) is 27.8 Å². The molecular formula is C24H26ClN7O8S2. The van der Waals surface area contributed by atoms with Gasteiger partial charge in [0.15, 0.2) is 5.71 Å². The number of carbonyl (C=O) groups excluding carboxylic acids is 3. The minimum Gasteiger partial charge on any atom is -0.506 e. The van der Waals surface area contributed by atoms with E-state index in [0.29, 0.717) is 10.7 Å². The third-order valence-electron chi connectivity index (χ3n) is 5.69. The third kappa shape index (κ3) is 6.96. The number of nitrogens with zero attached hydrogens (tertiary/aromatic N) is 6. The smallest absolute Gasteiger partial charge is 0.352 e. The summed E-state index contributed by atoms with van der Waals surface area (Å²) >= 11 is 8.53. The number of halogens is 1. The van der Waals surface area contributed by atoms with Gasteiger partial charge >= 0.3 is 11.9 Å². The maximum Gasteiger partial charge on any atom is 0.352 e. The highest BCUT2D eigenvalue weighted by atomic mass is 35.5. The number of aromatic nitrogens is 4. The van der Waals surface area contributed by atoms with Gasteiger partial charge in [-0.1, -0.05) is 28.5 Å². The van der Waals surface area contributed by atoms with Crippen LogP contribution in [0.2, 0.25) is 5.02 Å². The molecular weight excluding hydrogens is 614 g/mol. The molecule has 1 saturated heterocycles. The summed E-state index contributed by atoms with van der Waals surface area (Å²) in [5.74, 6) is -3.19. The lowest BCUT2D eigenvalue weighted by Crippen LogP contribution is -2.71. The number of oxime groups is 1. The van der Waals surface area contributed by atoms with Gasteiger partial charge in [0.1, 0.15) is 28.5 Å². The standard InChI is InChI=1S/C24H26ClN7O8S2/c1-24(2,3)40-15(34)8-39-28-16(11-5-6-14(33)13(25)7-11)19(35)26-17-20(36)32-18(22(37)38)12(9-41-21(17)32)10-42-23-27-29-30-31(23)4/h5-7,17,21,33H,8-10H2,1-4H3,(H,26,35)(H,37,38)/t17?,21-/m0/s1. The van der Waals surface area contributed by atoms with Crippen molar-refractivity contribution in [1.29, 1.82) is 0 Å². The number of phenolic OH excluding ortho intramolecular Hbond substituents is 1. The van der Waals surface area contributed by atoms with Crippen LogP contribution in [0.1, 0.15) is 26.3 Å². The molecule has 0 bridgehead atoms. The fourth-order valence-electron chi connectivity index (χ4n) is 3.90. The van der Waals surface area contributed by atoms with Gasteiger partial charge in [0.25, 0.3) is 11.8 Å². The van der Waals surface area contributed by atoms with Crippen LogP contribution < -0.4 is 5.32 Å². The molecule has 4 rings (SSSR count). The zero-order valence-corrected chi connectivity index (χ0v) is 25.1. The number of carboxylic acid groups (broad SMARTS) is 1. The molecule has 18 heteroatoms. The summed E-state index contributed by atoms with van der Waals surface area (Å²) in [5, 5.41) is 37.0. The molecule has 42 heavy (non-hydrogen) atoms. The van der Waals surface area contributed by atoms with Gasteiger partial charge in [-0.2, -0.15) is 0 Å². The van der Waals surface area contributed by atoms with Crippen molar-refractivity contribution in [1.82, 2.24) is 30.4 Å². The molecule has 2 aliphatic heterocycles. The number of nitrogens with one attached hydrogen (secondary N) is 1. The summed E-state index contributed by atoms with van der Waals surface area (Å²) in [6.45, 7) is 4.42. The van der Waals surface area contributed by atoms with Crippen LogP contribution in [-0.4, -0.2) is 99.9 Å². The Morgan fingerprint density at radius 1 is 1.31 bits per heavy atom. The van der Waals surface area contributed by atoms with Crippen molar-refractivity contribution in [3.05, 3.63) is 40.1 Å². The minimum atomic E-state index is -1.28. The van der Waals surface area contributed by atoms with E-state index in [1.165, 1.54) is 46.4 Å². The van der Waals surface area contributed by atoms with Crippen molar-refractivity contribution < 1.29 is 39.0 Å². The Morgan fingerprint density at radius 3 is 2.67 bits per heavy atom. The van der Waals surface area contributed by atoms with E-state index in [2.05, 4.69) is 26.0 Å². The van der Waals surface area contributed by atoms with Gasteiger partial charge in [-0.3, -0.25) is 14.5 Å². The number of phenols is 1. The molecule has 15 nitrogen and oxygen atoms in total. The number of esters is 1. The average molecular weight is 640 g/mol. The number of fused-ring (bicyclic) bond motifs is 1. The number of hydrogen-bond acceptors (Lipinski definition) is 13. The largest absolute Gasteiger partial charge is 0.506 e. The van der Waals surface area contributed by atoms with Gasteiger partial charge in [-0.15, -0.1) is 16.9 Å². The molecule has 0 saturated carbocycles. The molecule has 1 unspecified atom stereocenters. The first kappa shape index (κ1) is 31.1.